The Morgan fingerprint density at radius 3 is 2.73 bits per heavy atom. The average Bonchev–Trinajstić information content (AvgIpc) is 1.97. The highest BCUT2D eigenvalue weighted by molar-refractivity contribution is 5.69. The van der Waals surface area contributed by atoms with Crippen molar-refractivity contribution in [2.45, 2.75) is 26.7 Å². The number of rotatable bonds is 6. The van der Waals surface area contributed by atoms with E-state index in [-0.39, 0.29) is 5.92 Å². The third-order valence-electron chi connectivity index (χ3n) is 1.66. The standard InChI is InChI=1S/C8H17NO2/c1-3-9-6-4-5-7(2)8(10)11/h7,9H,3-6H2,1-2H3,(H,10,11). The summed E-state index contributed by atoms with van der Waals surface area (Å²) in [6.07, 6.45) is 1.71. The van der Waals surface area contributed by atoms with Crippen molar-refractivity contribution in [3.63, 3.8) is 0 Å². The third-order valence-corrected chi connectivity index (χ3v) is 1.66. The maximum Gasteiger partial charge on any atom is 0.306 e. The monoisotopic (exact) mass is 159 g/mol. The van der Waals surface area contributed by atoms with Crippen LogP contribution < -0.4 is 5.32 Å². The van der Waals surface area contributed by atoms with E-state index in [1.165, 1.54) is 0 Å². The molecule has 0 amide bonds. The van der Waals surface area contributed by atoms with Crippen LogP contribution in [0, 0.1) is 5.92 Å². The second kappa shape index (κ2) is 6.16. The molecule has 1 unspecified atom stereocenters. The lowest BCUT2D eigenvalue weighted by Crippen LogP contribution is -2.16. The van der Waals surface area contributed by atoms with Crippen LogP contribution in [0.2, 0.25) is 0 Å². The predicted molar refractivity (Wildman–Crippen MR) is 44.6 cm³/mol. The number of aliphatic carboxylic acids is 1. The molecular weight excluding hydrogens is 142 g/mol. The highest BCUT2D eigenvalue weighted by Crippen LogP contribution is 2.03. The quantitative estimate of drug-likeness (QED) is 0.570. The molecule has 0 aromatic rings. The molecule has 0 fully saturated rings. The molecule has 0 saturated heterocycles. The Morgan fingerprint density at radius 2 is 2.27 bits per heavy atom. The second-order valence-electron chi connectivity index (χ2n) is 2.74. The van der Waals surface area contributed by atoms with Crippen LogP contribution in [0.3, 0.4) is 0 Å². The van der Waals surface area contributed by atoms with Gasteiger partial charge in [0.25, 0.3) is 0 Å². The van der Waals surface area contributed by atoms with E-state index < -0.39 is 5.97 Å². The Labute approximate surface area is 67.8 Å². The van der Waals surface area contributed by atoms with Crippen LogP contribution in [0.25, 0.3) is 0 Å². The van der Waals surface area contributed by atoms with Crippen LogP contribution >= 0.6 is 0 Å². The summed E-state index contributed by atoms with van der Waals surface area (Å²) in [4.78, 5) is 10.3. The topological polar surface area (TPSA) is 49.3 Å². The molecule has 0 rings (SSSR count). The van der Waals surface area contributed by atoms with Crippen LogP contribution in [-0.2, 0) is 4.79 Å². The fourth-order valence-corrected chi connectivity index (χ4v) is 0.834. The molecule has 1 atom stereocenters. The van der Waals surface area contributed by atoms with Gasteiger partial charge in [0.05, 0.1) is 5.92 Å². The summed E-state index contributed by atoms with van der Waals surface area (Å²) in [5.41, 5.74) is 0. The summed E-state index contributed by atoms with van der Waals surface area (Å²) < 4.78 is 0. The zero-order valence-corrected chi connectivity index (χ0v) is 7.26. The Hall–Kier alpha value is -0.570. The van der Waals surface area contributed by atoms with Crippen molar-refractivity contribution in [1.82, 2.24) is 5.32 Å². The Kier molecular flexibility index (Phi) is 5.84. The van der Waals surface area contributed by atoms with E-state index >= 15 is 0 Å². The van der Waals surface area contributed by atoms with E-state index in [0.717, 1.165) is 25.9 Å². The van der Waals surface area contributed by atoms with Crippen molar-refractivity contribution in [3.8, 4) is 0 Å². The molecule has 3 heteroatoms. The minimum Gasteiger partial charge on any atom is -0.481 e. The molecule has 0 spiro atoms. The molecule has 0 aliphatic heterocycles. The van der Waals surface area contributed by atoms with Gasteiger partial charge in [0.1, 0.15) is 0 Å². The maximum atomic E-state index is 10.3. The highest BCUT2D eigenvalue weighted by Gasteiger charge is 2.08. The predicted octanol–water partition coefficient (Wildman–Crippen LogP) is 1.10. The van der Waals surface area contributed by atoms with Crippen LogP contribution in [-0.4, -0.2) is 24.2 Å². The zero-order valence-electron chi connectivity index (χ0n) is 7.26. The van der Waals surface area contributed by atoms with Gasteiger partial charge in [0, 0.05) is 0 Å². The molecule has 0 radical (unpaired) electrons. The van der Waals surface area contributed by atoms with Gasteiger partial charge in [-0.15, -0.1) is 0 Å². The summed E-state index contributed by atoms with van der Waals surface area (Å²) >= 11 is 0. The second-order valence-corrected chi connectivity index (χ2v) is 2.74. The zero-order chi connectivity index (χ0) is 8.69. The smallest absolute Gasteiger partial charge is 0.306 e. The van der Waals surface area contributed by atoms with E-state index in [4.69, 9.17) is 5.11 Å². The first-order valence-electron chi connectivity index (χ1n) is 4.12. The van der Waals surface area contributed by atoms with Crippen LogP contribution in [0.5, 0.6) is 0 Å². The number of carbonyl (C=O) groups is 1. The van der Waals surface area contributed by atoms with E-state index in [1.807, 2.05) is 6.92 Å². The van der Waals surface area contributed by atoms with E-state index in [1.54, 1.807) is 6.92 Å². The summed E-state index contributed by atoms with van der Waals surface area (Å²) in [6, 6.07) is 0. The molecule has 0 aliphatic carbocycles. The lowest BCUT2D eigenvalue weighted by atomic mass is 10.1. The fourth-order valence-electron chi connectivity index (χ4n) is 0.834. The van der Waals surface area contributed by atoms with Crippen molar-refractivity contribution in [1.29, 1.82) is 0 Å². The fraction of sp³-hybridized carbons (Fsp3) is 0.875. The molecule has 2 N–H and O–H groups in total. The largest absolute Gasteiger partial charge is 0.481 e. The van der Waals surface area contributed by atoms with Gasteiger partial charge < -0.3 is 10.4 Å². The van der Waals surface area contributed by atoms with Crippen molar-refractivity contribution in [3.05, 3.63) is 0 Å². The van der Waals surface area contributed by atoms with Gasteiger partial charge >= 0.3 is 5.97 Å². The molecule has 0 heterocycles. The van der Waals surface area contributed by atoms with Gasteiger partial charge in [-0.2, -0.15) is 0 Å². The molecular formula is C8H17NO2. The Morgan fingerprint density at radius 1 is 1.64 bits per heavy atom. The summed E-state index contributed by atoms with van der Waals surface area (Å²) in [5, 5.41) is 11.7. The Balaban J connectivity index is 3.17. The van der Waals surface area contributed by atoms with Crippen molar-refractivity contribution < 1.29 is 9.90 Å². The van der Waals surface area contributed by atoms with Crippen LogP contribution in [0.1, 0.15) is 26.7 Å². The molecule has 0 aromatic heterocycles. The molecule has 66 valence electrons. The number of nitrogens with one attached hydrogen (secondary N) is 1. The molecule has 0 bridgehead atoms. The molecule has 0 saturated carbocycles. The minimum absolute atomic E-state index is 0.200. The lowest BCUT2D eigenvalue weighted by molar-refractivity contribution is -0.141. The van der Waals surface area contributed by atoms with E-state index in [0.29, 0.717) is 0 Å². The normalized spacial score (nSPS) is 12.9. The SMILES string of the molecule is CCNCCCC(C)C(=O)O. The van der Waals surface area contributed by atoms with Gasteiger partial charge in [-0.1, -0.05) is 13.8 Å². The number of carboxylic acid groups (broad SMARTS) is 1. The van der Waals surface area contributed by atoms with Crippen molar-refractivity contribution in [2.75, 3.05) is 13.1 Å². The number of hydrogen-bond acceptors (Lipinski definition) is 2. The van der Waals surface area contributed by atoms with Gasteiger partial charge in [-0.05, 0) is 25.9 Å². The van der Waals surface area contributed by atoms with Crippen molar-refractivity contribution >= 4 is 5.97 Å². The highest BCUT2D eigenvalue weighted by atomic mass is 16.4. The molecule has 0 aliphatic rings. The molecule has 11 heavy (non-hydrogen) atoms. The van der Waals surface area contributed by atoms with Crippen molar-refractivity contribution in [2.24, 2.45) is 5.92 Å². The minimum atomic E-state index is -0.693. The van der Waals surface area contributed by atoms with Gasteiger partial charge in [-0.3, -0.25) is 4.79 Å². The maximum absolute atomic E-state index is 10.3. The van der Waals surface area contributed by atoms with Crippen LogP contribution in [0.15, 0.2) is 0 Å². The van der Waals surface area contributed by atoms with Gasteiger partial charge in [-0.25, -0.2) is 0 Å². The first-order valence-corrected chi connectivity index (χ1v) is 4.12. The van der Waals surface area contributed by atoms with Gasteiger partial charge in [0.2, 0.25) is 0 Å². The Bertz CT molecular complexity index is 115. The summed E-state index contributed by atoms with van der Waals surface area (Å²) in [7, 11) is 0. The molecule has 3 nitrogen and oxygen atoms in total. The van der Waals surface area contributed by atoms with E-state index in [2.05, 4.69) is 5.32 Å². The first-order chi connectivity index (χ1) is 5.18. The number of hydrogen-bond donors (Lipinski definition) is 2. The first kappa shape index (κ1) is 10.4. The summed E-state index contributed by atoms with van der Waals surface area (Å²) in [5.74, 6) is -0.893. The third kappa shape index (κ3) is 5.85. The van der Waals surface area contributed by atoms with E-state index in [9.17, 15) is 4.79 Å². The molecule has 0 aromatic carbocycles. The number of carboxylic acids is 1. The lowest BCUT2D eigenvalue weighted by Gasteiger charge is -2.05. The average molecular weight is 159 g/mol. The summed E-state index contributed by atoms with van der Waals surface area (Å²) in [6.45, 7) is 5.67. The van der Waals surface area contributed by atoms with Gasteiger partial charge in [0.15, 0.2) is 0 Å². The van der Waals surface area contributed by atoms with Crippen LogP contribution in [0.4, 0.5) is 0 Å².